The van der Waals surface area contributed by atoms with E-state index in [0.717, 1.165) is 9.20 Å². The van der Waals surface area contributed by atoms with Crippen LogP contribution in [-0.4, -0.2) is 32.3 Å². The average Bonchev–Trinajstić information content (AvgIpc) is 2.52. The highest BCUT2D eigenvalue weighted by molar-refractivity contribution is 9.10. The smallest absolute Gasteiger partial charge is 0.324 e. The SMILES string of the molecule is CSc1ccc(S(=O)(=O)N(CC(=O)O)c2cccc(Br)c2)cc1. The van der Waals surface area contributed by atoms with Crippen LogP contribution < -0.4 is 4.31 Å². The second-order valence-corrected chi connectivity index (χ2v) is 8.22. The minimum atomic E-state index is -3.97. The Bertz CT molecular complexity index is 806. The van der Waals surface area contributed by atoms with E-state index in [2.05, 4.69) is 15.9 Å². The molecule has 0 saturated heterocycles. The third-order valence-corrected chi connectivity index (χ3v) is 6.05. The van der Waals surface area contributed by atoms with Crippen molar-refractivity contribution in [3.63, 3.8) is 0 Å². The highest BCUT2D eigenvalue weighted by Gasteiger charge is 2.27. The Morgan fingerprint density at radius 2 is 1.87 bits per heavy atom. The molecule has 0 fully saturated rings. The molecular weight excluding hydrogens is 402 g/mol. The van der Waals surface area contributed by atoms with E-state index in [0.29, 0.717) is 4.47 Å². The molecular formula is C15H14BrNO4S2. The van der Waals surface area contributed by atoms with Crippen LogP contribution in [0.2, 0.25) is 0 Å². The quantitative estimate of drug-likeness (QED) is 0.731. The van der Waals surface area contributed by atoms with Crippen LogP contribution in [0.4, 0.5) is 5.69 Å². The zero-order valence-corrected chi connectivity index (χ0v) is 15.4. The maximum atomic E-state index is 12.8. The molecule has 8 heteroatoms. The Labute approximate surface area is 147 Å². The summed E-state index contributed by atoms with van der Waals surface area (Å²) in [7, 11) is -3.97. The van der Waals surface area contributed by atoms with Crippen molar-refractivity contribution in [3.05, 3.63) is 53.0 Å². The monoisotopic (exact) mass is 415 g/mol. The van der Waals surface area contributed by atoms with Gasteiger partial charge in [-0.05, 0) is 48.7 Å². The Morgan fingerprint density at radius 3 is 2.39 bits per heavy atom. The fraction of sp³-hybridized carbons (Fsp3) is 0.133. The van der Waals surface area contributed by atoms with Crippen LogP contribution in [0.25, 0.3) is 0 Å². The first-order valence-electron chi connectivity index (χ1n) is 6.49. The van der Waals surface area contributed by atoms with E-state index in [-0.39, 0.29) is 10.6 Å². The van der Waals surface area contributed by atoms with Crippen molar-refractivity contribution in [2.45, 2.75) is 9.79 Å². The molecule has 0 aliphatic rings. The van der Waals surface area contributed by atoms with Crippen molar-refractivity contribution < 1.29 is 18.3 Å². The van der Waals surface area contributed by atoms with Crippen molar-refractivity contribution in [2.24, 2.45) is 0 Å². The lowest BCUT2D eigenvalue weighted by Crippen LogP contribution is -2.35. The van der Waals surface area contributed by atoms with E-state index >= 15 is 0 Å². The molecule has 2 aromatic carbocycles. The summed E-state index contributed by atoms with van der Waals surface area (Å²) in [6.45, 7) is -0.650. The molecule has 0 bridgehead atoms. The van der Waals surface area contributed by atoms with Crippen LogP contribution in [0, 0.1) is 0 Å². The van der Waals surface area contributed by atoms with Crippen molar-refractivity contribution in [3.8, 4) is 0 Å². The molecule has 0 aromatic heterocycles. The lowest BCUT2D eigenvalue weighted by molar-refractivity contribution is -0.135. The van der Waals surface area contributed by atoms with E-state index in [4.69, 9.17) is 5.11 Å². The van der Waals surface area contributed by atoms with Gasteiger partial charge >= 0.3 is 5.97 Å². The predicted molar refractivity (Wildman–Crippen MR) is 94.5 cm³/mol. The third-order valence-electron chi connectivity index (χ3n) is 3.02. The Hall–Kier alpha value is -1.51. The maximum absolute atomic E-state index is 12.8. The van der Waals surface area contributed by atoms with Crippen LogP contribution in [0.3, 0.4) is 0 Å². The summed E-state index contributed by atoms with van der Waals surface area (Å²) in [6.07, 6.45) is 1.89. The molecule has 122 valence electrons. The molecule has 0 amide bonds. The number of halogens is 1. The summed E-state index contributed by atoms with van der Waals surface area (Å²) in [5.74, 6) is -1.23. The Morgan fingerprint density at radius 1 is 1.22 bits per heavy atom. The number of carboxylic acid groups (broad SMARTS) is 1. The number of aliphatic carboxylic acids is 1. The van der Waals surface area contributed by atoms with Crippen molar-refractivity contribution in [1.82, 2.24) is 0 Å². The van der Waals surface area contributed by atoms with E-state index in [9.17, 15) is 13.2 Å². The zero-order valence-electron chi connectivity index (χ0n) is 12.1. The average molecular weight is 416 g/mol. The number of hydrogen-bond donors (Lipinski definition) is 1. The first-order chi connectivity index (χ1) is 10.8. The van der Waals surface area contributed by atoms with Gasteiger partial charge in [0.15, 0.2) is 0 Å². The largest absolute Gasteiger partial charge is 0.480 e. The number of hydrogen-bond acceptors (Lipinski definition) is 4. The summed E-state index contributed by atoms with van der Waals surface area (Å²) < 4.78 is 27.2. The van der Waals surface area contributed by atoms with Gasteiger partial charge in [0.05, 0.1) is 10.6 Å². The molecule has 0 aliphatic carbocycles. The van der Waals surface area contributed by atoms with Crippen LogP contribution in [0.15, 0.2) is 62.8 Å². The zero-order chi connectivity index (χ0) is 17.0. The highest BCUT2D eigenvalue weighted by atomic mass is 79.9. The van der Waals surface area contributed by atoms with Gasteiger partial charge in [-0.3, -0.25) is 9.10 Å². The lowest BCUT2D eigenvalue weighted by Gasteiger charge is -2.23. The fourth-order valence-corrected chi connectivity index (χ4v) is 4.15. The van der Waals surface area contributed by atoms with Gasteiger partial charge in [-0.25, -0.2) is 8.42 Å². The predicted octanol–water partition coefficient (Wildman–Crippen LogP) is 3.45. The molecule has 2 rings (SSSR count). The van der Waals surface area contributed by atoms with Gasteiger partial charge in [-0.1, -0.05) is 22.0 Å². The second-order valence-electron chi connectivity index (χ2n) is 4.56. The van der Waals surface area contributed by atoms with Crippen molar-refractivity contribution in [1.29, 1.82) is 0 Å². The topological polar surface area (TPSA) is 74.7 Å². The molecule has 0 radical (unpaired) electrons. The fourth-order valence-electron chi connectivity index (χ4n) is 1.94. The number of rotatable bonds is 6. The lowest BCUT2D eigenvalue weighted by atomic mass is 10.3. The Kier molecular flexibility index (Phi) is 5.72. The van der Waals surface area contributed by atoms with Crippen LogP contribution >= 0.6 is 27.7 Å². The molecule has 1 N–H and O–H groups in total. The number of carboxylic acids is 1. The number of thioether (sulfide) groups is 1. The molecule has 23 heavy (non-hydrogen) atoms. The van der Waals surface area contributed by atoms with Crippen LogP contribution in [0.5, 0.6) is 0 Å². The van der Waals surface area contributed by atoms with E-state index in [1.165, 1.54) is 23.9 Å². The van der Waals surface area contributed by atoms with Crippen molar-refractivity contribution >= 4 is 49.4 Å². The van der Waals surface area contributed by atoms with Gasteiger partial charge in [0.2, 0.25) is 0 Å². The number of carbonyl (C=O) groups is 1. The molecule has 0 unspecified atom stereocenters. The minimum Gasteiger partial charge on any atom is -0.480 e. The summed E-state index contributed by atoms with van der Waals surface area (Å²) in [5, 5.41) is 9.09. The molecule has 0 aliphatic heterocycles. The van der Waals surface area contributed by atoms with Crippen LogP contribution in [-0.2, 0) is 14.8 Å². The minimum absolute atomic E-state index is 0.0523. The van der Waals surface area contributed by atoms with Gasteiger partial charge in [0.25, 0.3) is 10.0 Å². The maximum Gasteiger partial charge on any atom is 0.324 e. The van der Waals surface area contributed by atoms with E-state index in [1.54, 1.807) is 36.4 Å². The van der Waals surface area contributed by atoms with Gasteiger partial charge in [0.1, 0.15) is 6.54 Å². The summed E-state index contributed by atoms with van der Waals surface area (Å²) in [5.41, 5.74) is 0.288. The molecule has 0 atom stereocenters. The summed E-state index contributed by atoms with van der Waals surface area (Å²) in [6, 6.07) is 12.9. The summed E-state index contributed by atoms with van der Waals surface area (Å²) >= 11 is 4.76. The first kappa shape index (κ1) is 17.8. The van der Waals surface area contributed by atoms with Crippen molar-refractivity contribution in [2.75, 3.05) is 17.1 Å². The van der Waals surface area contributed by atoms with E-state index < -0.39 is 22.5 Å². The normalized spacial score (nSPS) is 11.2. The van der Waals surface area contributed by atoms with E-state index in [1.807, 2.05) is 6.26 Å². The molecule has 0 heterocycles. The molecule has 5 nitrogen and oxygen atoms in total. The third kappa shape index (κ3) is 4.27. The number of benzene rings is 2. The number of nitrogens with zero attached hydrogens (tertiary/aromatic N) is 1. The molecule has 2 aromatic rings. The first-order valence-corrected chi connectivity index (χ1v) is 9.94. The van der Waals surface area contributed by atoms with Gasteiger partial charge in [-0.15, -0.1) is 11.8 Å². The second kappa shape index (κ2) is 7.37. The molecule has 0 saturated carbocycles. The van der Waals surface area contributed by atoms with Gasteiger partial charge in [-0.2, -0.15) is 0 Å². The number of anilines is 1. The van der Waals surface area contributed by atoms with Gasteiger partial charge in [0, 0.05) is 9.37 Å². The van der Waals surface area contributed by atoms with Gasteiger partial charge < -0.3 is 5.11 Å². The molecule has 0 spiro atoms. The number of sulfonamides is 1. The standard InChI is InChI=1S/C15H14BrNO4S2/c1-22-13-5-7-14(8-6-13)23(20,21)17(10-15(18)19)12-4-2-3-11(16)9-12/h2-9H,10H2,1H3,(H,18,19). The highest BCUT2D eigenvalue weighted by Crippen LogP contribution is 2.27. The Balaban J connectivity index is 2.50. The summed E-state index contributed by atoms with van der Waals surface area (Å²) in [4.78, 5) is 12.1. The van der Waals surface area contributed by atoms with Crippen LogP contribution in [0.1, 0.15) is 0 Å².